The Labute approximate surface area is 169 Å². The lowest BCUT2D eigenvalue weighted by Gasteiger charge is -2.05. The number of benzene rings is 2. The Bertz CT molecular complexity index is 1280. The van der Waals surface area contributed by atoms with Crippen LogP contribution in [0.1, 0.15) is 5.82 Å². The van der Waals surface area contributed by atoms with Crippen molar-refractivity contribution in [3.8, 4) is 11.3 Å². The molecular formula is C20H15ClFN5O2. The molecule has 7 nitrogen and oxygen atoms in total. The van der Waals surface area contributed by atoms with Gasteiger partial charge in [0, 0.05) is 17.3 Å². The third-order valence-corrected chi connectivity index (χ3v) is 4.59. The fraction of sp³-hybridized carbons (Fsp3) is 0.100. The van der Waals surface area contributed by atoms with E-state index in [1.807, 2.05) is 30.3 Å². The van der Waals surface area contributed by atoms with Gasteiger partial charge in [-0.25, -0.2) is 23.3 Å². The summed E-state index contributed by atoms with van der Waals surface area (Å²) >= 11 is 5.71. The SMILES string of the molecule is Cc1nc(-c2ccccc2)cc2nn(CC(=O)Nc3ccc(F)c(Cl)c3)c(=O)n12. The molecule has 4 aromatic rings. The first kappa shape index (κ1) is 18.8. The molecule has 2 aromatic heterocycles. The van der Waals surface area contributed by atoms with E-state index in [0.717, 1.165) is 16.3 Å². The second-order valence-electron chi connectivity index (χ2n) is 6.37. The second-order valence-corrected chi connectivity index (χ2v) is 6.77. The maximum atomic E-state index is 13.2. The summed E-state index contributed by atoms with van der Waals surface area (Å²) in [7, 11) is 0. The molecule has 1 N–H and O–H groups in total. The van der Waals surface area contributed by atoms with Gasteiger partial charge in [0.05, 0.1) is 10.7 Å². The predicted molar refractivity (Wildman–Crippen MR) is 107 cm³/mol. The number of carbonyl (C=O) groups is 1. The molecule has 0 aliphatic rings. The highest BCUT2D eigenvalue weighted by Crippen LogP contribution is 2.20. The Balaban J connectivity index is 1.63. The number of nitrogens with zero attached hydrogens (tertiary/aromatic N) is 4. The lowest BCUT2D eigenvalue weighted by atomic mass is 10.1. The van der Waals surface area contributed by atoms with Crippen LogP contribution in [0.4, 0.5) is 10.1 Å². The summed E-state index contributed by atoms with van der Waals surface area (Å²) in [5, 5.41) is 6.71. The third-order valence-electron chi connectivity index (χ3n) is 4.30. The van der Waals surface area contributed by atoms with Crippen molar-refractivity contribution in [2.75, 3.05) is 5.32 Å². The molecule has 2 aromatic carbocycles. The van der Waals surface area contributed by atoms with Crippen molar-refractivity contribution < 1.29 is 9.18 Å². The molecule has 0 aliphatic carbocycles. The average Bonchev–Trinajstić information content (AvgIpc) is 3.01. The first-order valence-electron chi connectivity index (χ1n) is 8.70. The minimum atomic E-state index is -0.585. The van der Waals surface area contributed by atoms with Crippen LogP contribution in [-0.2, 0) is 11.3 Å². The topological polar surface area (TPSA) is 81.3 Å². The molecular weight excluding hydrogens is 397 g/mol. The number of hydrogen-bond acceptors (Lipinski definition) is 4. The number of aromatic nitrogens is 4. The molecule has 0 saturated heterocycles. The fourth-order valence-electron chi connectivity index (χ4n) is 2.97. The number of carbonyl (C=O) groups excluding carboxylic acids is 1. The van der Waals surface area contributed by atoms with Crippen molar-refractivity contribution in [1.29, 1.82) is 0 Å². The molecule has 0 fully saturated rings. The average molecular weight is 412 g/mol. The van der Waals surface area contributed by atoms with Gasteiger partial charge >= 0.3 is 5.69 Å². The number of nitrogens with one attached hydrogen (secondary N) is 1. The fourth-order valence-corrected chi connectivity index (χ4v) is 3.15. The predicted octanol–water partition coefficient (Wildman–Crippen LogP) is 3.30. The number of anilines is 1. The molecule has 1 amide bonds. The highest BCUT2D eigenvalue weighted by Gasteiger charge is 2.15. The zero-order valence-corrected chi connectivity index (χ0v) is 16.0. The molecule has 9 heteroatoms. The van der Waals surface area contributed by atoms with Crippen LogP contribution < -0.4 is 11.0 Å². The lowest BCUT2D eigenvalue weighted by Crippen LogP contribution is -2.28. The molecule has 4 rings (SSSR count). The standard InChI is InChI=1S/C20H15ClFN5O2/c1-12-23-17(13-5-3-2-4-6-13)10-18-25-26(20(29)27(12)18)11-19(28)24-14-7-8-16(22)15(21)9-14/h2-10H,11H2,1H3,(H,24,28). The van der Waals surface area contributed by atoms with Crippen molar-refractivity contribution in [2.24, 2.45) is 0 Å². The van der Waals surface area contributed by atoms with E-state index in [0.29, 0.717) is 22.9 Å². The van der Waals surface area contributed by atoms with Gasteiger partial charge in [0.2, 0.25) is 5.91 Å². The number of hydrogen-bond donors (Lipinski definition) is 1. The maximum absolute atomic E-state index is 13.2. The Morgan fingerprint density at radius 2 is 1.93 bits per heavy atom. The molecule has 0 aliphatic heterocycles. The minimum Gasteiger partial charge on any atom is -0.324 e. The van der Waals surface area contributed by atoms with Crippen LogP contribution in [0.15, 0.2) is 59.4 Å². The molecule has 0 saturated carbocycles. The van der Waals surface area contributed by atoms with Crippen LogP contribution in [0.2, 0.25) is 5.02 Å². The van der Waals surface area contributed by atoms with Crippen LogP contribution in [0.5, 0.6) is 0 Å². The van der Waals surface area contributed by atoms with Gasteiger partial charge in [-0.1, -0.05) is 41.9 Å². The van der Waals surface area contributed by atoms with Gasteiger partial charge in [0.25, 0.3) is 0 Å². The van der Waals surface area contributed by atoms with Crippen molar-refractivity contribution in [2.45, 2.75) is 13.5 Å². The van der Waals surface area contributed by atoms with Crippen molar-refractivity contribution in [3.63, 3.8) is 0 Å². The van der Waals surface area contributed by atoms with E-state index in [1.165, 1.54) is 16.5 Å². The first-order valence-corrected chi connectivity index (χ1v) is 9.08. The van der Waals surface area contributed by atoms with Crippen molar-refractivity contribution in [1.82, 2.24) is 19.2 Å². The van der Waals surface area contributed by atoms with Gasteiger partial charge in [-0.05, 0) is 25.1 Å². The summed E-state index contributed by atoms with van der Waals surface area (Å²) < 4.78 is 15.6. The Hall–Kier alpha value is -3.52. The van der Waals surface area contributed by atoms with Gasteiger partial charge in [0.15, 0.2) is 5.65 Å². The van der Waals surface area contributed by atoms with Gasteiger partial charge < -0.3 is 5.32 Å². The number of halogens is 2. The third kappa shape index (κ3) is 3.74. The second kappa shape index (κ2) is 7.48. The summed E-state index contributed by atoms with van der Waals surface area (Å²) in [4.78, 5) is 29.4. The van der Waals surface area contributed by atoms with E-state index in [2.05, 4.69) is 15.4 Å². The van der Waals surface area contributed by atoms with Crippen molar-refractivity contribution in [3.05, 3.63) is 81.7 Å². The van der Waals surface area contributed by atoms with Gasteiger partial charge in [-0.15, -0.1) is 5.10 Å². The smallest absolute Gasteiger partial charge is 0.324 e. The van der Waals surface area contributed by atoms with Crippen LogP contribution in [0.25, 0.3) is 16.9 Å². The summed E-state index contributed by atoms with van der Waals surface area (Å²) in [6.45, 7) is 1.39. The quantitative estimate of drug-likeness (QED) is 0.558. The van der Waals surface area contributed by atoms with Crippen molar-refractivity contribution >= 4 is 28.8 Å². The van der Waals surface area contributed by atoms with E-state index in [-0.39, 0.29) is 11.6 Å². The molecule has 29 heavy (non-hydrogen) atoms. The van der Waals surface area contributed by atoms with Gasteiger partial charge in [-0.3, -0.25) is 4.79 Å². The van der Waals surface area contributed by atoms with Gasteiger partial charge in [-0.2, -0.15) is 0 Å². The molecule has 0 radical (unpaired) electrons. The van der Waals surface area contributed by atoms with E-state index in [4.69, 9.17) is 11.6 Å². The molecule has 0 unspecified atom stereocenters. The molecule has 0 spiro atoms. The number of rotatable bonds is 4. The number of fused-ring (bicyclic) bond motifs is 1. The monoisotopic (exact) mass is 411 g/mol. The summed E-state index contributed by atoms with van der Waals surface area (Å²) in [6, 6.07) is 15.0. The van der Waals surface area contributed by atoms with E-state index in [1.54, 1.807) is 13.0 Å². The largest absolute Gasteiger partial charge is 0.352 e. The number of aryl methyl sites for hydroxylation is 1. The summed E-state index contributed by atoms with van der Waals surface area (Å²) in [5.41, 5.74) is 1.81. The zero-order chi connectivity index (χ0) is 20.5. The van der Waals surface area contributed by atoms with Crippen LogP contribution in [-0.4, -0.2) is 25.1 Å². The van der Waals surface area contributed by atoms with E-state index < -0.39 is 17.4 Å². The minimum absolute atomic E-state index is 0.108. The van der Waals surface area contributed by atoms with Crippen LogP contribution >= 0.6 is 11.6 Å². The zero-order valence-electron chi connectivity index (χ0n) is 15.3. The van der Waals surface area contributed by atoms with Crippen LogP contribution in [0, 0.1) is 12.7 Å². The summed E-state index contributed by atoms with van der Waals surface area (Å²) in [5.74, 6) is -0.617. The first-order chi connectivity index (χ1) is 13.9. The summed E-state index contributed by atoms with van der Waals surface area (Å²) in [6.07, 6.45) is 0. The van der Waals surface area contributed by atoms with Gasteiger partial charge in [0.1, 0.15) is 18.2 Å². The van der Waals surface area contributed by atoms with E-state index in [9.17, 15) is 14.0 Å². The van der Waals surface area contributed by atoms with E-state index >= 15 is 0 Å². The molecule has 0 atom stereocenters. The highest BCUT2D eigenvalue weighted by molar-refractivity contribution is 6.31. The molecule has 2 heterocycles. The Kier molecular flexibility index (Phi) is 4.85. The number of amides is 1. The molecule has 146 valence electrons. The lowest BCUT2D eigenvalue weighted by molar-refractivity contribution is -0.117. The molecule has 0 bridgehead atoms. The highest BCUT2D eigenvalue weighted by atomic mass is 35.5. The maximum Gasteiger partial charge on any atom is 0.352 e. The Morgan fingerprint density at radius 1 is 1.17 bits per heavy atom. The normalized spacial score (nSPS) is 11.0. The van der Waals surface area contributed by atoms with Crippen LogP contribution in [0.3, 0.4) is 0 Å². The Morgan fingerprint density at radius 3 is 2.66 bits per heavy atom.